The van der Waals surface area contributed by atoms with Gasteiger partial charge < -0.3 is 19.7 Å². The number of hydrogen-bond donors (Lipinski definition) is 2. The van der Waals surface area contributed by atoms with Crippen LogP contribution in [-0.2, 0) is 16.0 Å². The summed E-state index contributed by atoms with van der Waals surface area (Å²) in [5.74, 6) is -1.74. The Labute approximate surface area is 107 Å². The SMILES string of the molecule is O=CCCc1ccc(C(O)C(=O)O)cc1OC(F)F. The number of aliphatic carboxylic acids is 1. The van der Waals surface area contributed by atoms with Crippen molar-refractivity contribution in [1.82, 2.24) is 0 Å². The molecule has 1 rings (SSSR count). The van der Waals surface area contributed by atoms with Crippen LogP contribution in [0.4, 0.5) is 8.78 Å². The summed E-state index contributed by atoms with van der Waals surface area (Å²) in [5.41, 5.74) is 0.270. The molecule has 1 aromatic rings. The summed E-state index contributed by atoms with van der Waals surface area (Å²) in [6.07, 6.45) is -0.873. The summed E-state index contributed by atoms with van der Waals surface area (Å²) in [6, 6.07) is 3.67. The third-order valence-electron chi connectivity index (χ3n) is 2.39. The lowest BCUT2D eigenvalue weighted by Crippen LogP contribution is -2.12. The number of carbonyl (C=O) groups excluding carboxylic acids is 1. The van der Waals surface area contributed by atoms with Crippen LogP contribution in [0.2, 0.25) is 0 Å². The van der Waals surface area contributed by atoms with E-state index in [9.17, 15) is 23.5 Å². The Morgan fingerprint density at radius 3 is 2.63 bits per heavy atom. The quantitative estimate of drug-likeness (QED) is 0.737. The maximum absolute atomic E-state index is 12.2. The predicted molar refractivity (Wildman–Crippen MR) is 60.1 cm³/mol. The molecule has 1 atom stereocenters. The molecule has 0 amide bonds. The number of aryl methyl sites for hydroxylation is 1. The minimum Gasteiger partial charge on any atom is -0.479 e. The van der Waals surface area contributed by atoms with E-state index in [1.165, 1.54) is 12.1 Å². The molecule has 19 heavy (non-hydrogen) atoms. The van der Waals surface area contributed by atoms with Gasteiger partial charge >= 0.3 is 12.6 Å². The Morgan fingerprint density at radius 1 is 1.42 bits per heavy atom. The molecule has 0 heterocycles. The Hall–Kier alpha value is -2.02. The summed E-state index contributed by atoms with van der Waals surface area (Å²) in [6.45, 7) is -3.08. The molecule has 0 aliphatic rings. The lowest BCUT2D eigenvalue weighted by atomic mass is 10.0. The van der Waals surface area contributed by atoms with Crippen LogP contribution in [0.3, 0.4) is 0 Å². The van der Waals surface area contributed by atoms with Gasteiger partial charge in [-0.05, 0) is 23.6 Å². The summed E-state index contributed by atoms with van der Waals surface area (Å²) in [5, 5.41) is 18.0. The molecule has 0 fully saturated rings. The molecule has 0 aromatic heterocycles. The summed E-state index contributed by atoms with van der Waals surface area (Å²) >= 11 is 0. The van der Waals surface area contributed by atoms with Crippen LogP contribution in [0.1, 0.15) is 23.7 Å². The van der Waals surface area contributed by atoms with Crippen molar-refractivity contribution in [2.75, 3.05) is 0 Å². The number of aliphatic hydroxyl groups is 1. The number of aliphatic hydroxyl groups excluding tert-OH is 1. The number of aldehydes is 1. The number of benzene rings is 1. The molecule has 1 unspecified atom stereocenters. The second-order valence-electron chi connectivity index (χ2n) is 3.69. The molecule has 0 saturated heterocycles. The number of hydrogen-bond acceptors (Lipinski definition) is 4. The van der Waals surface area contributed by atoms with Crippen molar-refractivity contribution in [3.63, 3.8) is 0 Å². The van der Waals surface area contributed by atoms with Crippen LogP contribution in [0.5, 0.6) is 5.75 Å². The standard InChI is InChI=1S/C12H12F2O5/c13-12(14)19-9-6-8(10(16)11(17)18)4-3-7(9)2-1-5-15/h3-6,10,12,16H,1-2H2,(H,17,18). The van der Waals surface area contributed by atoms with E-state index in [1.54, 1.807) is 0 Å². The van der Waals surface area contributed by atoms with Gasteiger partial charge in [-0.25, -0.2) is 4.79 Å². The first-order chi connectivity index (χ1) is 8.95. The predicted octanol–water partition coefficient (Wildman–Crippen LogP) is 1.54. The molecule has 0 bridgehead atoms. The number of carbonyl (C=O) groups is 2. The fourth-order valence-electron chi connectivity index (χ4n) is 1.51. The van der Waals surface area contributed by atoms with E-state index in [2.05, 4.69) is 4.74 Å². The number of carboxylic acid groups (broad SMARTS) is 1. The summed E-state index contributed by atoms with van der Waals surface area (Å²) < 4.78 is 28.7. The highest BCUT2D eigenvalue weighted by molar-refractivity contribution is 5.74. The van der Waals surface area contributed by atoms with Crippen molar-refractivity contribution < 1.29 is 33.3 Å². The molecular formula is C12H12F2O5. The molecule has 0 radical (unpaired) electrons. The highest BCUT2D eigenvalue weighted by Crippen LogP contribution is 2.26. The molecule has 0 aliphatic carbocycles. The molecule has 0 saturated carbocycles. The number of carboxylic acids is 1. The van der Waals surface area contributed by atoms with E-state index >= 15 is 0 Å². The largest absolute Gasteiger partial charge is 0.479 e. The van der Waals surface area contributed by atoms with E-state index in [4.69, 9.17) is 5.11 Å². The molecule has 104 valence electrons. The van der Waals surface area contributed by atoms with Crippen LogP contribution in [0, 0.1) is 0 Å². The number of ether oxygens (including phenoxy) is 1. The van der Waals surface area contributed by atoms with Gasteiger partial charge in [-0.1, -0.05) is 12.1 Å². The monoisotopic (exact) mass is 274 g/mol. The van der Waals surface area contributed by atoms with Crippen molar-refractivity contribution in [3.05, 3.63) is 29.3 Å². The molecule has 5 nitrogen and oxygen atoms in total. The van der Waals surface area contributed by atoms with Crippen LogP contribution >= 0.6 is 0 Å². The van der Waals surface area contributed by atoms with Gasteiger partial charge in [0.05, 0.1) is 0 Å². The molecule has 0 spiro atoms. The van der Waals surface area contributed by atoms with Crippen LogP contribution in [0.15, 0.2) is 18.2 Å². The summed E-state index contributed by atoms with van der Waals surface area (Å²) in [4.78, 5) is 20.9. The minimum atomic E-state index is -3.08. The number of alkyl halides is 2. The second kappa shape index (κ2) is 6.79. The lowest BCUT2D eigenvalue weighted by molar-refractivity contribution is -0.146. The highest BCUT2D eigenvalue weighted by Gasteiger charge is 2.19. The van der Waals surface area contributed by atoms with Gasteiger partial charge in [0.2, 0.25) is 0 Å². The van der Waals surface area contributed by atoms with Gasteiger partial charge in [0.1, 0.15) is 12.0 Å². The Kier molecular flexibility index (Phi) is 5.37. The zero-order valence-electron chi connectivity index (χ0n) is 9.75. The molecule has 1 aromatic carbocycles. The van der Waals surface area contributed by atoms with E-state index in [0.717, 1.165) is 6.07 Å². The fraction of sp³-hybridized carbons (Fsp3) is 0.333. The topological polar surface area (TPSA) is 83.8 Å². The zero-order valence-corrected chi connectivity index (χ0v) is 9.75. The van der Waals surface area contributed by atoms with Gasteiger partial charge in [0.15, 0.2) is 6.10 Å². The van der Waals surface area contributed by atoms with Gasteiger partial charge in [-0.15, -0.1) is 0 Å². The van der Waals surface area contributed by atoms with Gasteiger partial charge in [-0.2, -0.15) is 8.78 Å². The summed E-state index contributed by atoms with van der Waals surface area (Å²) in [7, 11) is 0. The number of halogens is 2. The second-order valence-corrected chi connectivity index (χ2v) is 3.69. The van der Waals surface area contributed by atoms with Crippen molar-refractivity contribution in [1.29, 1.82) is 0 Å². The molecule has 0 aliphatic heterocycles. The van der Waals surface area contributed by atoms with Gasteiger partial charge in [0.25, 0.3) is 0 Å². The maximum Gasteiger partial charge on any atom is 0.387 e. The average molecular weight is 274 g/mol. The Bertz CT molecular complexity index is 461. The van der Waals surface area contributed by atoms with Gasteiger partial charge in [0, 0.05) is 6.42 Å². The zero-order chi connectivity index (χ0) is 14.4. The van der Waals surface area contributed by atoms with E-state index in [0.29, 0.717) is 11.8 Å². The lowest BCUT2D eigenvalue weighted by Gasteiger charge is -2.13. The molecule has 2 N–H and O–H groups in total. The molecule has 7 heteroatoms. The first-order valence-electron chi connectivity index (χ1n) is 5.38. The van der Waals surface area contributed by atoms with Crippen LogP contribution in [-0.4, -0.2) is 29.1 Å². The van der Waals surface area contributed by atoms with Crippen LogP contribution in [0.25, 0.3) is 0 Å². The third kappa shape index (κ3) is 4.29. The average Bonchev–Trinajstić information content (AvgIpc) is 2.35. The minimum absolute atomic E-state index is 0.0713. The van der Waals surface area contributed by atoms with Crippen molar-refractivity contribution >= 4 is 12.3 Å². The maximum atomic E-state index is 12.2. The van der Waals surface area contributed by atoms with Crippen LogP contribution < -0.4 is 4.74 Å². The number of rotatable bonds is 7. The van der Waals surface area contributed by atoms with Gasteiger partial charge in [-0.3, -0.25) is 0 Å². The van der Waals surface area contributed by atoms with E-state index in [-0.39, 0.29) is 24.2 Å². The fourth-order valence-corrected chi connectivity index (χ4v) is 1.51. The highest BCUT2D eigenvalue weighted by atomic mass is 19.3. The molecular weight excluding hydrogens is 262 g/mol. The van der Waals surface area contributed by atoms with Crippen molar-refractivity contribution in [2.45, 2.75) is 25.6 Å². The third-order valence-corrected chi connectivity index (χ3v) is 2.39. The van der Waals surface area contributed by atoms with E-state index in [1.807, 2.05) is 0 Å². The van der Waals surface area contributed by atoms with Crippen molar-refractivity contribution in [3.8, 4) is 5.75 Å². The van der Waals surface area contributed by atoms with E-state index < -0.39 is 18.7 Å². The smallest absolute Gasteiger partial charge is 0.387 e. The van der Waals surface area contributed by atoms with Crippen molar-refractivity contribution in [2.24, 2.45) is 0 Å². The Morgan fingerprint density at radius 2 is 2.11 bits per heavy atom. The first-order valence-corrected chi connectivity index (χ1v) is 5.38. The Balaban J connectivity index is 3.06. The first kappa shape index (κ1) is 15.0. The normalized spacial score (nSPS) is 12.2.